The van der Waals surface area contributed by atoms with Crippen LogP contribution in [0.4, 0.5) is 0 Å². The Hall–Kier alpha value is -1.40. The van der Waals surface area contributed by atoms with E-state index in [0.29, 0.717) is 25.9 Å². The summed E-state index contributed by atoms with van der Waals surface area (Å²) >= 11 is 0. The van der Waals surface area contributed by atoms with Crippen molar-refractivity contribution in [2.45, 2.75) is 25.5 Å². The Morgan fingerprint density at radius 2 is 1.80 bits per heavy atom. The summed E-state index contributed by atoms with van der Waals surface area (Å²) in [5.41, 5.74) is 7.14. The number of nitrogens with two attached hydrogens (primary N) is 1. The van der Waals surface area contributed by atoms with Crippen LogP contribution in [0.1, 0.15) is 24.0 Å². The summed E-state index contributed by atoms with van der Waals surface area (Å²) in [5, 5.41) is 0. The zero-order chi connectivity index (χ0) is 14.8. The minimum atomic E-state index is -3.32. The second kappa shape index (κ2) is 5.93. The average molecular weight is 296 g/mol. The minimum absolute atomic E-state index is 0.00845. The Morgan fingerprint density at radius 1 is 1.25 bits per heavy atom. The first kappa shape index (κ1) is 15.0. The van der Waals surface area contributed by atoms with E-state index in [2.05, 4.69) is 0 Å². The molecule has 0 saturated carbocycles. The highest BCUT2D eigenvalue weighted by Gasteiger charge is 2.30. The number of primary amides is 1. The summed E-state index contributed by atoms with van der Waals surface area (Å²) in [6, 6.07) is 7.49. The summed E-state index contributed by atoms with van der Waals surface area (Å²) in [7, 11) is -3.32. The molecule has 1 aliphatic heterocycles. The molecule has 5 nitrogen and oxygen atoms in total. The maximum atomic E-state index is 12.3. The summed E-state index contributed by atoms with van der Waals surface area (Å²) in [6.45, 7) is 2.72. The number of sulfonamides is 1. The van der Waals surface area contributed by atoms with E-state index in [-0.39, 0.29) is 17.6 Å². The first-order valence-corrected chi connectivity index (χ1v) is 8.32. The van der Waals surface area contributed by atoms with E-state index in [0.717, 1.165) is 11.1 Å². The van der Waals surface area contributed by atoms with Crippen LogP contribution >= 0.6 is 0 Å². The number of rotatable bonds is 4. The molecule has 1 amide bonds. The van der Waals surface area contributed by atoms with Gasteiger partial charge in [-0.1, -0.05) is 29.8 Å². The third-order valence-corrected chi connectivity index (χ3v) is 5.57. The maximum Gasteiger partial charge on any atom is 0.220 e. The highest BCUT2D eigenvalue weighted by molar-refractivity contribution is 7.88. The molecule has 2 N–H and O–H groups in total. The number of hydrogen-bond donors (Lipinski definition) is 1. The van der Waals surface area contributed by atoms with Gasteiger partial charge in [-0.05, 0) is 25.3 Å². The van der Waals surface area contributed by atoms with Crippen molar-refractivity contribution in [2.24, 2.45) is 11.7 Å². The van der Waals surface area contributed by atoms with E-state index in [4.69, 9.17) is 5.73 Å². The molecule has 1 aromatic rings. The van der Waals surface area contributed by atoms with Gasteiger partial charge in [0.15, 0.2) is 0 Å². The lowest BCUT2D eigenvalue weighted by atomic mass is 9.98. The van der Waals surface area contributed by atoms with Crippen molar-refractivity contribution in [2.75, 3.05) is 13.1 Å². The molecule has 6 heteroatoms. The number of carbonyl (C=O) groups excluding carboxylic acids is 1. The molecule has 1 aliphatic rings. The van der Waals surface area contributed by atoms with E-state index in [1.807, 2.05) is 31.2 Å². The lowest BCUT2D eigenvalue weighted by Gasteiger charge is -2.29. The van der Waals surface area contributed by atoms with E-state index < -0.39 is 10.0 Å². The summed E-state index contributed by atoms with van der Waals surface area (Å²) < 4.78 is 26.1. The Morgan fingerprint density at radius 3 is 2.30 bits per heavy atom. The zero-order valence-corrected chi connectivity index (χ0v) is 12.4. The maximum absolute atomic E-state index is 12.3. The molecule has 1 fully saturated rings. The van der Waals surface area contributed by atoms with Gasteiger partial charge in [-0.25, -0.2) is 12.7 Å². The molecular formula is C14H20N2O3S. The van der Waals surface area contributed by atoms with Crippen molar-refractivity contribution in [3.05, 3.63) is 35.4 Å². The standard InChI is InChI=1S/C14H20N2O3S/c1-11-2-4-12(5-3-11)10-20(18,19)16-8-6-13(7-9-16)14(15)17/h2-5,13H,6-10H2,1H3,(H2,15,17). The smallest absolute Gasteiger partial charge is 0.220 e. The van der Waals surface area contributed by atoms with Gasteiger partial charge in [-0.15, -0.1) is 0 Å². The molecule has 0 aliphatic carbocycles. The fourth-order valence-electron chi connectivity index (χ4n) is 2.40. The lowest BCUT2D eigenvalue weighted by molar-refractivity contribution is -0.122. The molecule has 0 atom stereocenters. The van der Waals surface area contributed by atoms with Crippen LogP contribution in [0.5, 0.6) is 0 Å². The number of nitrogens with zero attached hydrogens (tertiary/aromatic N) is 1. The van der Waals surface area contributed by atoms with Gasteiger partial charge in [0.2, 0.25) is 15.9 Å². The lowest BCUT2D eigenvalue weighted by Crippen LogP contribution is -2.42. The number of hydrogen-bond acceptors (Lipinski definition) is 3. The number of carbonyl (C=O) groups is 1. The van der Waals surface area contributed by atoms with E-state index in [1.165, 1.54) is 4.31 Å². The van der Waals surface area contributed by atoms with Crippen LogP contribution in [0.15, 0.2) is 24.3 Å². The van der Waals surface area contributed by atoms with E-state index >= 15 is 0 Å². The second-order valence-electron chi connectivity index (χ2n) is 5.32. The Labute approximate surface area is 119 Å². The van der Waals surface area contributed by atoms with Crippen molar-refractivity contribution in [3.8, 4) is 0 Å². The number of piperidine rings is 1. The second-order valence-corrected chi connectivity index (χ2v) is 7.29. The average Bonchev–Trinajstić information content (AvgIpc) is 2.41. The molecule has 20 heavy (non-hydrogen) atoms. The van der Waals surface area contributed by atoms with Crippen LogP contribution in [0.25, 0.3) is 0 Å². The van der Waals surface area contributed by atoms with Crippen LogP contribution in [0.2, 0.25) is 0 Å². The molecular weight excluding hydrogens is 276 g/mol. The molecule has 2 rings (SSSR count). The number of aryl methyl sites for hydroxylation is 1. The van der Waals surface area contributed by atoms with Crippen LogP contribution in [0, 0.1) is 12.8 Å². The normalized spacial score (nSPS) is 18.1. The van der Waals surface area contributed by atoms with Gasteiger partial charge in [0, 0.05) is 19.0 Å². The monoisotopic (exact) mass is 296 g/mol. The Balaban J connectivity index is 2.01. The Kier molecular flexibility index (Phi) is 4.45. The van der Waals surface area contributed by atoms with Crippen LogP contribution in [0.3, 0.4) is 0 Å². The molecule has 0 spiro atoms. The van der Waals surface area contributed by atoms with Crippen molar-refractivity contribution in [1.29, 1.82) is 0 Å². The molecule has 1 aromatic carbocycles. The quantitative estimate of drug-likeness (QED) is 0.901. The third-order valence-electron chi connectivity index (χ3n) is 3.72. The van der Waals surface area contributed by atoms with Crippen LogP contribution in [-0.2, 0) is 20.6 Å². The molecule has 0 unspecified atom stereocenters. The summed E-state index contributed by atoms with van der Waals surface area (Å²) in [6.07, 6.45) is 1.03. The predicted molar refractivity (Wildman–Crippen MR) is 77.3 cm³/mol. The van der Waals surface area contributed by atoms with Gasteiger partial charge in [-0.3, -0.25) is 4.79 Å². The molecule has 1 heterocycles. The van der Waals surface area contributed by atoms with Crippen molar-refractivity contribution in [3.63, 3.8) is 0 Å². The fraction of sp³-hybridized carbons (Fsp3) is 0.500. The first-order chi connectivity index (χ1) is 9.38. The van der Waals surface area contributed by atoms with Crippen molar-refractivity contribution in [1.82, 2.24) is 4.31 Å². The van der Waals surface area contributed by atoms with Gasteiger partial charge < -0.3 is 5.73 Å². The third kappa shape index (κ3) is 3.58. The van der Waals surface area contributed by atoms with Gasteiger partial charge in [-0.2, -0.15) is 0 Å². The molecule has 110 valence electrons. The fourth-order valence-corrected chi connectivity index (χ4v) is 3.97. The number of benzene rings is 1. The zero-order valence-electron chi connectivity index (χ0n) is 11.6. The molecule has 0 bridgehead atoms. The highest BCUT2D eigenvalue weighted by atomic mass is 32.2. The van der Waals surface area contributed by atoms with Crippen molar-refractivity contribution < 1.29 is 13.2 Å². The Bertz CT molecular complexity index is 573. The largest absolute Gasteiger partial charge is 0.369 e. The first-order valence-electron chi connectivity index (χ1n) is 6.71. The predicted octanol–water partition coefficient (Wildman–Crippen LogP) is 1.02. The SMILES string of the molecule is Cc1ccc(CS(=O)(=O)N2CCC(C(N)=O)CC2)cc1. The van der Waals surface area contributed by atoms with Crippen molar-refractivity contribution >= 4 is 15.9 Å². The topological polar surface area (TPSA) is 80.5 Å². The summed E-state index contributed by atoms with van der Waals surface area (Å²) in [4.78, 5) is 11.1. The molecule has 1 saturated heterocycles. The van der Waals surface area contributed by atoms with Gasteiger partial charge in [0.1, 0.15) is 0 Å². The van der Waals surface area contributed by atoms with E-state index in [1.54, 1.807) is 0 Å². The molecule has 0 radical (unpaired) electrons. The minimum Gasteiger partial charge on any atom is -0.369 e. The van der Waals surface area contributed by atoms with Crippen LogP contribution < -0.4 is 5.73 Å². The van der Waals surface area contributed by atoms with Gasteiger partial charge in [0.25, 0.3) is 0 Å². The van der Waals surface area contributed by atoms with E-state index in [9.17, 15) is 13.2 Å². The highest BCUT2D eigenvalue weighted by Crippen LogP contribution is 2.21. The number of amides is 1. The van der Waals surface area contributed by atoms with Gasteiger partial charge in [0.05, 0.1) is 5.75 Å². The molecule has 0 aromatic heterocycles. The summed E-state index contributed by atoms with van der Waals surface area (Å²) in [5.74, 6) is -0.518. The van der Waals surface area contributed by atoms with Gasteiger partial charge >= 0.3 is 0 Å². The van der Waals surface area contributed by atoms with Crippen LogP contribution in [-0.4, -0.2) is 31.7 Å².